The van der Waals surface area contributed by atoms with Gasteiger partial charge in [0, 0.05) is 17.6 Å². The van der Waals surface area contributed by atoms with Gasteiger partial charge in [0.2, 0.25) is 5.91 Å². The summed E-state index contributed by atoms with van der Waals surface area (Å²) in [5, 5.41) is 6.72. The first kappa shape index (κ1) is 13.5. The SMILES string of the molecule is CCC1(C(=O)NC2CNc3ccccc3C2)CCCC1. The first-order valence-electron chi connectivity index (χ1n) is 7.86. The van der Waals surface area contributed by atoms with E-state index in [4.69, 9.17) is 0 Å². The maximum absolute atomic E-state index is 12.6. The van der Waals surface area contributed by atoms with Crippen LogP contribution in [0.5, 0.6) is 0 Å². The molecule has 108 valence electrons. The van der Waals surface area contributed by atoms with Crippen LogP contribution in [0.25, 0.3) is 0 Å². The predicted octanol–water partition coefficient (Wildman–Crippen LogP) is 3.11. The van der Waals surface area contributed by atoms with Gasteiger partial charge in [-0.2, -0.15) is 0 Å². The van der Waals surface area contributed by atoms with E-state index in [1.807, 2.05) is 0 Å². The second-order valence-electron chi connectivity index (χ2n) is 6.25. The Morgan fingerprint density at radius 1 is 1.35 bits per heavy atom. The summed E-state index contributed by atoms with van der Waals surface area (Å²) < 4.78 is 0. The van der Waals surface area contributed by atoms with E-state index in [2.05, 4.69) is 41.8 Å². The van der Waals surface area contributed by atoms with E-state index in [9.17, 15) is 4.79 Å². The fourth-order valence-corrected chi connectivity index (χ4v) is 3.68. The molecule has 20 heavy (non-hydrogen) atoms. The minimum atomic E-state index is -0.0863. The zero-order valence-corrected chi connectivity index (χ0v) is 12.2. The predicted molar refractivity (Wildman–Crippen MR) is 81.8 cm³/mol. The Balaban J connectivity index is 1.66. The van der Waals surface area contributed by atoms with E-state index >= 15 is 0 Å². The third kappa shape index (κ3) is 2.41. The Bertz CT molecular complexity index is 492. The van der Waals surface area contributed by atoms with Crippen LogP contribution in [0.3, 0.4) is 0 Å². The molecule has 1 aromatic carbocycles. The molecule has 1 atom stereocenters. The molecule has 1 unspecified atom stereocenters. The van der Waals surface area contributed by atoms with Gasteiger partial charge in [-0.3, -0.25) is 4.79 Å². The summed E-state index contributed by atoms with van der Waals surface area (Å²) in [4.78, 5) is 12.6. The number of hydrogen-bond acceptors (Lipinski definition) is 2. The molecule has 1 amide bonds. The highest BCUT2D eigenvalue weighted by Crippen LogP contribution is 2.41. The van der Waals surface area contributed by atoms with Crippen molar-refractivity contribution in [1.29, 1.82) is 0 Å². The van der Waals surface area contributed by atoms with Gasteiger partial charge in [-0.25, -0.2) is 0 Å². The molecular formula is C17H24N2O. The summed E-state index contributed by atoms with van der Waals surface area (Å²) in [7, 11) is 0. The standard InChI is InChI=1S/C17H24N2O/c1-2-17(9-5-6-10-17)16(20)19-14-11-13-7-3-4-8-15(13)18-12-14/h3-4,7-8,14,18H,2,5-6,9-12H2,1H3,(H,19,20). The van der Waals surface area contributed by atoms with Gasteiger partial charge in [-0.15, -0.1) is 0 Å². The van der Waals surface area contributed by atoms with Crippen molar-refractivity contribution in [3.63, 3.8) is 0 Å². The zero-order chi connectivity index (χ0) is 14.0. The highest BCUT2D eigenvalue weighted by atomic mass is 16.2. The van der Waals surface area contributed by atoms with Gasteiger partial charge in [0.25, 0.3) is 0 Å². The average Bonchev–Trinajstić information content (AvgIpc) is 2.97. The molecule has 1 aliphatic carbocycles. The molecular weight excluding hydrogens is 248 g/mol. The second-order valence-corrected chi connectivity index (χ2v) is 6.25. The number of fused-ring (bicyclic) bond motifs is 1. The number of amides is 1. The molecule has 0 saturated heterocycles. The van der Waals surface area contributed by atoms with E-state index in [1.165, 1.54) is 24.1 Å². The molecule has 1 fully saturated rings. The number of para-hydroxylation sites is 1. The Morgan fingerprint density at radius 3 is 2.85 bits per heavy atom. The minimum Gasteiger partial charge on any atom is -0.383 e. The third-order valence-corrected chi connectivity index (χ3v) is 5.08. The lowest BCUT2D eigenvalue weighted by atomic mass is 9.82. The van der Waals surface area contributed by atoms with Crippen LogP contribution in [-0.2, 0) is 11.2 Å². The Labute approximate surface area is 121 Å². The molecule has 3 heteroatoms. The number of carbonyl (C=O) groups is 1. The average molecular weight is 272 g/mol. The maximum Gasteiger partial charge on any atom is 0.226 e. The van der Waals surface area contributed by atoms with E-state index < -0.39 is 0 Å². The van der Waals surface area contributed by atoms with Crippen LogP contribution >= 0.6 is 0 Å². The monoisotopic (exact) mass is 272 g/mol. The quantitative estimate of drug-likeness (QED) is 0.887. The smallest absolute Gasteiger partial charge is 0.226 e. The summed E-state index contributed by atoms with van der Waals surface area (Å²) in [6, 6.07) is 8.59. The topological polar surface area (TPSA) is 41.1 Å². The van der Waals surface area contributed by atoms with Crippen LogP contribution < -0.4 is 10.6 Å². The summed E-state index contributed by atoms with van der Waals surface area (Å²) in [5.74, 6) is 0.281. The van der Waals surface area contributed by atoms with E-state index in [0.29, 0.717) is 0 Å². The van der Waals surface area contributed by atoms with Crippen LogP contribution in [0.1, 0.15) is 44.6 Å². The van der Waals surface area contributed by atoms with Gasteiger partial charge in [0.05, 0.1) is 6.04 Å². The lowest BCUT2D eigenvalue weighted by Crippen LogP contribution is -2.49. The lowest BCUT2D eigenvalue weighted by Gasteiger charge is -2.32. The minimum absolute atomic E-state index is 0.0863. The van der Waals surface area contributed by atoms with Crippen LogP contribution in [0, 0.1) is 5.41 Å². The Kier molecular flexibility index (Phi) is 3.68. The molecule has 0 radical (unpaired) electrons. The molecule has 0 spiro atoms. The fraction of sp³-hybridized carbons (Fsp3) is 0.588. The van der Waals surface area contributed by atoms with Crippen molar-refractivity contribution in [3.8, 4) is 0 Å². The molecule has 2 aliphatic rings. The van der Waals surface area contributed by atoms with Gasteiger partial charge in [0.1, 0.15) is 0 Å². The molecule has 1 heterocycles. The first-order valence-corrected chi connectivity index (χ1v) is 7.86. The number of carbonyl (C=O) groups excluding carboxylic acids is 1. The second kappa shape index (κ2) is 5.47. The molecule has 3 rings (SSSR count). The van der Waals surface area contributed by atoms with Crippen molar-refractivity contribution in [2.45, 2.75) is 51.5 Å². The number of benzene rings is 1. The number of hydrogen-bond donors (Lipinski definition) is 2. The summed E-state index contributed by atoms with van der Waals surface area (Å²) >= 11 is 0. The molecule has 0 aromatic heterocycles. The first-order chi connectivity index (χ1) is 9.73. The maximum atomic E-state index is 12.6. The van der Waals surface area contributed by atoms with Crippen LogP contribution in [0.2, 0.25) is 0 Å². The van der Waals surface area contributed by atoms with Crippen LogP contribution in [-0.4, -0.2) is 18.5 Å². The van der Waals surface area contributed by atoms with Crippen molar-refractivity contribution < 1.29 is 4.79 Å². The van der Waals surface area contributed by atoms with Crippen LogP contribution in [0.4, 0.5) is 5.69 Å². The fourth-order valence-electron chi connectivity index (χ4n) is 3.68. The molecule has 1 aromatic rings. The summed E-state index contributed by atoms with van der Waals surface area (Å²) in [6.07, 6.45) is 6.43. The van der Waals surface area contributed by atoms with Gasteiger partial charge in [-0.05, 0) is 37.3 Å². The Morgan fingerprint density at radius 2 is 2.10 bits per heavy atom. The summed E-state index contributed by atoms with van der Waals surface area (Å²) in [6.45, 7) is 2.99. The molecule has 3 nitrogen and oxygen atoms in total. The van der Waals surface area contributed by atoms with Crippen molar-refractivity contribution in [1.82, 2.24) is 5.32 Å². The van der Waals surface area contributed by atoms with Crippen molar-refractivity contribution >= 4 is 11.6 Å². The number of rotatable bonds is 3. The van der Waals surface area contributed by atoms with Gasteiger partial charge in [-0.1, -0.05) is 38.0 Å². The lowest BCUT2D eigenvalue weighted by molar-refractivity contribution is -0.131. The molecule has 1 aliphatic heterocycles. The molecule has 2 N–H and O–H groups in total. The molecule has 0 bridgehead atoms. The highest BCUT2D eigenvalue weighted by Gasteiger charge is 2.40. The normalized spacial score (nSPS) is 23.8. The van der Waals surface area contributed by atoms with Crippen molar-refractivity contribution in [3.05, 3.63) is 29.8 Å². The summed E-state index contributed by atoms with van der Waals surface area (Å²) in [5.41, 5.74) is 2.43. The van der Waals surface area contributed by atoms with Gasteiger partial charge in [0.15, 0.2) is 0 Å². The van der Waals surface area contributed by atoms with E-state index in [1.54, 1.807) is 0 Å². The highest BCUT2D eigenvalue weighted by molar-refractivity contribution is 5.83. The number of anilines is 1. The van der Waals surface area contributed by atoms with Gasteiger partial charge < -0.3 is 10.6 Å². The molecule has 1 saturated carbocycles. The van der Waals surface area contributed by atoms with Crippen molar-refractivity contribution in [2.75, 3.05) is 11.9 Å². The largest absolute Gasteiger partial charge is 0.383 e. The van der Waals surface area contributed by atoms with Crippen LogP contribution in [0.15, 0.2) is 24.3 Å². The number of nitrogens with one attached hydrogen (secondary N) is 2. The van der Waals surface area contributed by atoms with E-state index in [-0.39, 0.29) is 17.4 Å². The van der Waals surface area contributed by atoms with Gasteiger partial charge >= 0.3 is 0 Å². The Hall–Kier alpha value is -1.51. The van der Waals surface area contributed by atoms with E-state index in [0.717, 1.165) is 32.2 Å². The van der Waals surface area contributed by atoms with Crippen molar-refractivity contribution in [2.24, 2.45) is 5.41 Å². The zero-order valence-electron chi connectivity index (χ0n) is 12.2. The third-order valence-electron chi connectivity index (χ3n) is 5.08.